The summed E-state index contributed by atoms with van der Waals surface area (Å²) in [6.45, 7) is 1.24. The van der Waals surface area contributed by atoms with Crippen LogP contribution in [0.25, 0.3) is 0 Å². The molecule has 1 atom stereocenters. The number of aliphatic hydroxyl groups excluding tert-OH is 1. The first-order chi connectivity index (χ1) is 6.37. The Kier molecular flexibility index (Phi) is 5.83. The highest BCUT2D eigenvalue weighted by molar-refractivity contribution is 7.46. The molecule has 0 aromatic rings. The van der Waals surface area contributed by atoms with Gasteiger partial charge in [-0.25, -0.2) is 4.57 Å². The molecule has 82 valence electrons. The van der Waals surface area contributed by atoms with Crippen LogP contribution in [-0.2, 0) is 13.9 Å². The van der Waals surface area contributed by atoms with Crippen LogP contribution >= 0.6 is 7.82 Å². The number of carbonyl (C=O) groups excluding carboxylic acids is 1. The van der Waals surface area contributed by atoms with E-state index in [-0.39, 0.29) is 6.42 Å². The van der Waals surface area contributed by atoms with Gasteiger partial charge in [-0.2, -0.15) is 0 Å². The molecule has 0 fully saturated rings. The Labute approximate surface area is 81.4 Å². The molecule has 6 nitrogen and oxygen atoms in total. The Bertz CT molecular complexity index is 255. The molecule has 0 aliphatic carbocycles. The van der Waals surface area contributed by atoms with Gasteiger partial charge in [0.2, 0.25) is 0 Å². The van der Waals surface area contributed by atoms with Crippen molar-refractivity contribution in [2.24, 2.45) is 0 Å². The molecule has 0 radical (unpaired) electrons. The summed E-state index contributed by atoms with van der Waals surface area (Å²) in [5, 5.41) is 9.06. The van der Waals surface area contributed by atoms with Gasteiger partial charge >= 0.3 is 7.82 Å². The lowest BCUT2D eigenvalue weighted by Gasteiger charge is -2.06. The lowest BCUT2D eigenvalue weighted by Crippen LogP contribution is -2.18. The molecule has 14 heavy (non-hydrogen) atoms. The molecule has 0 amide bonds. The second-order valence-corrected chi connectivity index (χ2v) is 3.75. The standard InChI is InChI=1S/C7H13O6P/c1-2-3-6(8)7(9)4-5-13-14(10,11)12/h2-3,6,8H,4-5H2,1H3,(H2,10,11,12). The Morgan fingerprint density at radius 2 is 2.14 bits per heavy atom. The summed E-state index contributed by atoms with van der Waals surface area (Å²) in [6.07, 6.45) is 1.31. The van der Waals surface area contributed by atoms with Crippen LogP contribution in [0.3, 0.4) is 0 Å². The largest absolute Gasteiger partial charge is 0.469 e. The number of aliphatic hydroxyl groups is 1. The normalized spacial score (nSPS) is 14.6. The molecule has 0 aromatic carbocycles. The number of rotatable bonds is 6. The third-order valence-electron chi connectivity index (χ3n) is 1.31. The van der Waals surface area contributed by atoms with Crippen LogP contribution in [0.2, 0.25) is 0 Å². The summed E-state index contributed by atoms with van der Waals surface area (Å²) >= 11 is 0. The highest BCUT2D eigenvalue weighted by atomic mass is 31.2. The Morgan fingerprint density at radius 1 is 1.57 bits per heavy atom. The lowest BCUT2D eigenvalue weighted by molar-refractivity contribution is -0.125. The second-order valence-electron chi connectivity index (χ2n) is 2.51. The van der Waals surface area contributed by atoms with E-state index in [4.69, 9.17) is 14.9 Å². The number of allylic oxidation sites excluding steroid dienone is 1. The minimum atomic E-state index is -4.52. The molecule has 0 rings (SSSR count). The van der Waals surface area contributed by atoms with Crippen LogP contribution in [0.15, 0.2) is 12.2 Å². The van der Waals surface area contributed by atoms with Crippen LogP contribution < -0.4 is 0 Å². The SMILES string of the molecule is CC=CC(O)C(=O)CCOP(=O)(O)O. The number of Topliss-reactive ketones (excluding diaryl/α,β-unsaturated/α-hetero) is 1. The number of phosphoric acid groups is 1. The summed E-state index contributed by atoms with van der Waals surface area (Å²) < 4.78 is 14.2. The lowest BCUT2D eigenvalue weighted by atomic mass is 10.2. The quantitative estimate of drug-likeness (QED) is 0.433. The van der Waals surface area contributed by atoms with Crippen molar-refractivity contribution in [3.63, 3.8) is 0 Å². The Hall–Kier alpha value is -0.520. The van der Waals surface area contributed by atoms with E-state index < -0.39 is 26.3 Å². The first-order valence-electron chi connectivity index (χ1n) is 3.90. The van der Waals surface area contributed by atoms with Crippen LogP contribution in [0.4, 0.5) is 0 Å². The zero-order chi connectivity index (χ0) is 11.2. The fraction of sp³-hybridized carbons (Fsp3) is 0.571. The van der Waals surface area contributed by atoms with E-state index in [0.717, 1.165) is 0 Å². The van der Waals surface area contributed by atoms with Crippen molar-refractivity contribution in [1.82, 2.24) is 0 Å². The van der Waals surface area contributed by atoms with E-state index in [9.17, 15) is 9.36 Å². The van der Waals surface area contributed by atoms with Gasteiger partial charge in [-0.05, 0) is 6.92 Å². The molecule has 0 saturated carbocycles. The maximum atomic E-state index is 11.0. The number of hydrogen-bond donors (Lipinski definition) is 3. The monoisotopic (exact) mass is 224 g/mol. The molecule has 0 aliphatic rings. The van der Waals surface area contributed by atoms with Crippen LogP contribution in [-0.4, -0.2) is 33.4 Å². The van der Waals surface area contributed by atoms with Gasteiger partial charge in [-0.1, -0.05) is 12.2 Å². The minimum absolute atomic E-state index is 0.239. The van der Waals surface area contributed by atoms with Crippen LogP contribution in [0, 0.1) is 0 Å². The average Bonchev–Trinajstić information content (AvgIpc) is 2.02. The van der Waals surface area contributed by atoms with E-state index in [1.54, 1.807) is 6.92 Å². The maximum Gasteiger partial charge on any atom is 0.469 e. The van der Waals surface area contributed by atoms with Crippen molar-refractivity contribution in [3.8, 4) is 0 Å². The topological polar surface area (TPSA) is 104 Å². The first-order valence-corrected chi connectivity index (χ1v) is 5.43. The van der Waals surface area contributed by atoms with Gasteiger partial charge in [0.15, 0.2) is 5.78 Å². The van der Waals surface area contributed by atoms with Crippen molar-refractivity contribution >= 4 is 13.6 Å². The zero-order valence-corrected chi connectivity index (χ0v) is 8.55. The van der Waals surface area contributed by atoms with Crippen molar-refractivity contribution in [2.45, 2.75) is 19.4 Å². The Morgan fingerprint density at radius 3 is 2.57 bits per heavy atom. The van der Waals surface area contributed by atoms with E-state index >= 15 is 0 Å². The van der Waals surface area contributed by atoms with Gasteiger partial charge in [-0.3, -0.25) is 9.32 Å². The van der Waals surface area contributed by atoms with Gasteiger partial charge < -0.3 is 14.9 Å². The van der Waals surface area contributed by atoms with Gasteiger partial charge in [0.1, 0.15) is 6.10 Å². The average molecular weight is 224 g/mol. The predicted octanol–water partition coefficient (Wildman–Crippen LogP) is -0.00810. The molecular weight excluding hydrogens is 211 g/mol. The van der Waals surface area contributed by atoms with Crippen molar-refractivity contribution in [3.05, 3.63) is 12.2 Å². The molecule has 0 aromatic heterocycles. The van der Waals surface area contributed by atoms with Gasteiger partial charge in [0, 0.05) is 6.42 Å². The molecule has 3 N–H and O–H groups in total. The van der Waals surface area contributed by atoms with E-state index in [1.807, 2.05) is 0 Å². The highest BCUT2D eigenvalue weighted by Crippen LogP contribution is 2.35. The molecule has 0 bridgehead atoms. The molecule has 7 heteroatoms. The third-order valence-corrected chi connectivity index (χ3v) is 1.83. The van der Waals surface area contributed by atoms with Crippen LogP contribution in [0.1, 0.15) is 13.3 Å². The molecule has 0 saturated heterocycles. The van der Waals surface area contributed by atoms with Crippen LogP contribution in [0.5, 0.6) is 0 Å². The van der Waals surface area contributed by atoms with Crippen molar-refractivity contribution in [1.29, 1.82) is 0 Å². The molecule has 0 aliphatic heterocycles. The van der Waals surface area contributed by atoms with Crippen molar-refractivity contribution < 1.29 is 28.8 Å². The zero-order valence-electron chi connectivity index (χ0n) is 7.66. The summed E-state index contributed by atoms with van der Waals surface area (Å²) in [5.74, 6) is -0.545. The summed E-state index contributed by atoms with van der Waals surface area (Å²) in [5.41, 5.74) is 0. The number of carbonyl (C=O) groups is 1. The van der Waals surface area contributed by atoms with Crippen molar-refractivity contribution in [2.75, 3.05) is 6.61 Å². The number of hydrogen-bond acceptors (Lipinski definition) is 4. The fourth-order valence-corrected chi connectivity index (χ4v) is 1.03. The number of ketones is 1. The summed E-state index contributed by atoms with van der Waals surface area (Å²) in [7, 11) is -4.52. The van der Waals surface area contributed by atoms with E-state index in [0.29, 0.717) is 0 Å². The maximum absolute atomic E-state index is 11.0. The summed E-state index contributed by atoms with van der Waals surface area (Å²) in [6, 6.07) is 0. The Balaban J connectivity index is 3.81. The fourth-order valence-electron chi connectivity index (χ4n) is 0.703. The third kappa shape index (κ3) is 6.94. The molecule has 1 unspecified atom stereocenters. The first kappa shape index (κ1) is 13.5. The predicted molar refractivity (Wildman–Crippen MR) is 48.4 cm³/mol. The molecule has 0 spiro atoms. The van der Waals surface area contributed by atoms with Gasteiger partial charge in [0.05, 0.1) is 6.61 Å². The van der Waals surface area contributed by atoms with Gasteiger partial charge in [-0.15, -0.1) is 0 Å². The van der Waals surface area contributed by atoms with Gasteiger partial charge in [0.25, 0.3) is 0 Å². The summed E-state index contributed by atoms with van der Waals surface area (Å²) in [4.78, 5) is 27.5. The van der Waals surface area contributed by atoms with E-state index in [2.05, 4.69) is 4.52 Å². The highest BCUT2D eigenvalue weighted by Gasteiger charge is 2.16. The van der Waals surface area contributed by atoms with E-state index in [1.165, 1.54) is 12.2 Å². The molecule has 0 heterocycles. The molecular formula is C7H13O6P. The second kappa shape index (κ2) is 6.06. The smallest absolute Gasteiger partial charge is 0.381 e. The minimum Gasteiger partial charge on any atom is -0.381 e. The number of phosphoric ester groups is 1.